The van der Waals surface area contributed by atoms with Crippen molar-refractivity contribution in [3.63, 3.8) is 0 Å². The van der Waals surface area contributed by atoms with Crippen LogP contribution in [0.2, 0.25) is 0 Å². The lowest BCUT2D eigenvalue weighted by Gasteiger charge is -2.43. The van der Waals surface area contributed by atoms with Crippen LogP contribution in [0, 0.1) is 0 Å². The summed E-state index contributed by atoms with van der Waals surface area (Å²) in [6.45, 7) is 0.865. The third kappa shape index (κ3) is 7.33. The average molecular weight is 507 g/mol. The number of unbranched alkanes of at least 4 members (excludes halogenated alkanes) is 8. The van der Waals surface area contributed by atoms with Crippen LogP contribution in [-0.2, 0) is 28.5 Å². The topological polar surface area (TPSA) is 168 Å². The minimum absolute atomic E-state index is 0.244. The van der Waals surface area contributed by atoms with Gasteiger partial charge in [-0.2, -0.15) is 0 Å². The fraction of sp³-hybridized carbons (Fsp3) is 0.958. The minimum atomic E-state index is -1.69. The molecule has 11 nitrogen and oxygen atoms in total. The van der Waals surface area contributed by atoms with Crippen molar-refractivity contribution in [1.29, 1.82) is 0 Å². The van der Waals surface area contributed by atoms with E-state index in [1.807, 2.05) is 0 Å². The monoisotopic (exact) mass is 506 g/mol. The Kier molecular flexibility index (Phi) is 11.1. The van der Waals surface area contributed by atoms with E-state index in [1.54, 1.807) is 0 Å². The number of carbonyl (C=O) groups excluding carboxylic acids is 1. The molecule has 3 saturated heterocycles. The molecule has 204 valence electrons. The summed E-state index contributed by atoms with van der Waals surface area (Å²) in [4.78, 5) is 12.1. The third-order valence-corrected chi connectivity index (χ3v) is 6.95. The van der Waals surface area contributed by atoms with Gasteiger partial charge in [-0.05, 0) is 6.42 Å². The Morgan fingerprint density at radius 2 is 1.51 bits per heavy atom. The number of rotatable bonds is 16. The SMILES string of the molecule is CCCCCCCCCCCC(=O)OC[C@H]1O[C@H](O[C@]2(CO)O[C@H](CO)[C@H]3O[C@@H]32)[C@H](O)[C@@H](O)[C@@H]1O. The highest BCUT2D eigenvalue weighted by molar-refractivity contribution is 5.69. The summed E-state index contributed by atoms with van der Waals surface area (Å²) in [6.07, 6.45) is 1.09. The van der Waals surface area contributed by atoms with E-state index in [1.165, 1.54) is 32.1 Å². The Labute approximate surface area is 206 Å². The first-order valence-electron chi connectivity index (χ1n) is 12.9. The molecule has 0 unspecified atom stereocenters. The lowest BCUT2D eigenvalue weighted by molar-refractivity contribution is -0.382. The van der Waals surface area contributed by atoms with Gasteiger partial charge in [0.05, 0.1) is 6.61 Å². The highest BCUT2D eigenvalue weighted by Crippen LogP contribution is 2.47. The number of hydrogen-bond donors (Lipinski definition) is 5. The lowest BCUT2D eigenvalue weighted by atomic mass is 9.99. The Hall–Kier alpha value is -0.890. The molecular weight excluding hydrogens is 464 g/mol. The van der Waals surface area contributed by atoms with E-state index >= 15 is 0 Å². The first-order valence-corrected chi connectivity index (χ1v) is 12.9. The van der Waals surface area contributed by atoms with Crippen molar-refractivity contribution in [3.8, 4) is 0 Å². The predicted octanol–water partition coefficient (Wildman–Crippen LogP) is 0.122. The van der Waals surface area contributed by atoms with E-state index in [2.05, 4.69) is 6.92 Å². The van der Waals surface area contributed by atoms with E-state index in [0.29, 0.717) is 6.42 Å². The molecule has 0 aromatic heterocycles. The van der Waals surface area contributed by atoms with Crippen LogP contribution in [0.1, 0.15) is 71.1 Å². The predicted molar refractivity (Wildman–Crippen MR) is 121 cm³/mol. The van der Waals surface area contributed by atoms with Gasteiger partial charge in [0.15, 0.2) is 6.29 Å². The number of epoxide rings is 1. The molecule has 3 rings (SSSR count). The zero-order valence-electron chi connectivity index (χ0n) is 20.5. The van der Waals surface area contributed by atoms with Crippen molar-refractivity contribution in [3.05, 3.63) is 0 Å². The molecule has 3 fully saturated rings. The number of esters is 1. The van der Waals surface area contributed by atoms with E-state index in [4.69, 9.17) is 23.7 Å². The summed E-state index contributed by atoms with van der Waals surface area (Å²) in [6, 6.07) is 0. The zero-order valence-corrected chi connectivity index (χ0v) is 20.5. The fourth-order valence-corrected chi connectivity index (χ4v) is 4.73. The van der Waals surface area contributed by atoms with E-state index in [9.17, 15) is 30.3 Å². The van der Waals surface area contributed by atoms with Crippen LogP contribution in [0.15, 0.2) is 0 Å². The fourth-order valence-electron chi connectivity index (χ4n) is 4.73. The van der Waals surface area contributed by atoms with Crippen molar-refractivity contribution in [2.45, 2.75) is 126 Å². The molecule has 9 atom stereocenters. The highest BCUT2D eigenvalue weighted by atomic mass is 16.8. The van der Waals surface area contributed by atoms with Gasteiger partial charge in [-0.15, -0.1) is 0 Å². The molecule has 3 aliphatic heterocycles. The number of aliphatic hydroxyl groups excluding tert-OH is 5. The second-order valence-corrected chi connectivity index (χ2v) is 9.72. The average Bonchev–Trinajstić information content (AvgIpc) is 3.61. The van der Waals surface area contributed by atoms with Crippen molar-refractivity contribution >= 4 is 5.97 Å². The number of carbonyl (C=O) groups is 1. The Balaban J connectivity index is 1.39. The molecule has 0 aromatic carbocycles. The molecule has 3 heterocycles. The van der Waals surface area contributed by atoms with Crippen LogP contribution < -0.4 is 0 Å². The van der Waals surface area contributed by atoms with Crippen LogP contribution in [0.3, 0.4) is 0 Å². The largest absolute Gasteiger partial charge is 0.463 e. The molecule has 5 N–H and O–H groups in total. The molecule has 11 heteroatoms. The Bertz CT molecular complexity index is 649. The summed E-state index contributed by atoms with van der Waals surface area (Å²) in [7, 11) is 0. The maximum absolute atomic E-state index is 12.1. The van der Waals surface area contributed by atoms with Crippen molar-refractivity contribution in [2.24, 2.45) is 0 Å². The summed E-state index contributed by atoms with van der Waals surface area (Å²) < 4.78 is 27.5. The van der Waals surface area contributed by atoms with Gasteiger partial charge in [0.1, 0.15) is 55.9 Å². The van der Waals surface area contributed by atoms with Crippen LogP contribution >= 0.6 is 0 Å². The van der Waals surface area contributed by atoms with Crippen molar-refractivity contribution < 1.29 is 54.0 Å². The lowest BCUT2D eigenvalue weighted by Crippen LogP contribution is -2.62. The second kappa shape index (κ2) is 13.6. The van der Waals surface area contributed by atoms with Crippen LogP contribution in [0.25, 0.3) is 0 Å². The van der Waals surface area contributed by atoms with Gasteiger partial charge in [-0.3, -0.25) is 4.79 Å². The normalized spacial score (nSPS) is 38.3. The molecule has 0 aliphatic carbocycles. The molecule has 0 aromatic rings. The van der Waals surface area contributed by atoms with E-state index in [0.717, 1.165) is 19.3 Å². The summed E-state index contributed by atoms with van der Waals surface area (Å²) >= 11 is 0. The number of hydrogen-bond acceptors (Lipinski definition) is 11. The first-order chi connectivity index (χ1) is 16.9. The van der Waals surface area contributed by atoms with Gasteiger partial charge >= 0.3 is 5.97 Å². The minimum Gasteiger partial charge on any atom is -0.463 e. The van der Waals surface area contributed by atoms with Crippen LogP contribution in [0.5, 0.6) is 0 Å². The maximum Gasteiger partial charge on any atom is 0.305 e. The van der Waals surface area contributed by atoms with Gasteiger partial charge in [0, 0.05) is 6.42 Å². The number of ether oxygens (including phenoxy) is 5. The summed E-state index contributed by atoms with van der Waals surface area (Å²) in [5.41, 5.74) is 0. The maximum atomic E-state index is 12.1. The highest BCUT2D eigenvalue weighted by Gasteiger charge is 2.69. The summed E-state index contributed by atoms with van der Waals surface area (Å²) in [5.74, 6) is -2.13. The van der Waals surface area contributed by atoms with Gasteiger partial charge in [-0.25, -0.2) is 0 Å². The van der Waals surface area contributed by atoms with E-state index in [-0.39, 0.29) is 19.6 Å². The summed E-state index contributed by atoms with van der Waals surface area (Å²) in [5, 5.41) is 50.2. The number of aliphatic hydroxyl groups is 5. The van der Waals surface area contributed by atoms with E-state index < -0.39 is 67.4 Å². The first kappa shape index (κ1) is 28.7. The smallest absolute Gasteiger partial charge is 0.305 e. The molecule has 0 radical (unpaired) electrons. The third-order valence-electron chi connectivity index (χ3n) is 6.95. The zero-order chi connectivity index (χ0) is 25.4. The molecular formula is C24H42O11. The molecule has 0 saturated carbocycles. The van der Waals surface area contributed by atoms with Gasteiger partial charge in [-0.1, -0.05) is 58.3 Å². The molecule has 0 amide bonds. The standard InChI is InChI=1S/C24H42O11/c1-2-3-4-5-6-7-8-9-10-11-17(27)31-13-16-18(28)19(29)20(30)23(32-16)35-24(14-26)22-21(33-22)15(12-25)34-24/h15-16,18-23,25-26,28-30H,2-14H2,1H3/t15-,16-,18-,19+,20-,21-,22+,23-,24+/m1/s1. The van der Waals surface area contributed by atoms with Crippen LogP contribution in [0.4, 0.5) is 0 Å². The molecule has 0 spiro atoms. The quantitative estimate of drug-likeness (QED) is 0.110. The molecule has 0 bridgehead atoms. The van der Waals surface area contributed by atoms with Crippen molar-refractivity contribution in [2.75, 3.05) is 19.8 Å². The second-order valence-electron chi connectivity index (χ2n) is 9.72. The molecule has 3 aliphatic rings. The van der Waals surface area contributed by atoms with Crippen molar-refractivity contribution in [1.82, 2.24) is 0 Å². The molecule has 35 heavy (non-hydrogen) atoms. The number of fused-ring (bicyclic) bond motifs is 1. The van der Waals surface area contributed by atoms with Gasteiger partial charge < -0.3 is 49.2 Å². The Morgan fingerprint density at radius 1 is 0.857 bits per heavy atom. The van der Waals surface area contributed by atoms with Gasteiger partial charge in [0.25, 0.3) is 0 Å². The Morgan fingerprint density at radius 3 is 2.11 bits per heavy atom. The van der Waals surface area contributed by atoms with Crippen LogP contribution in [-0.4, -0.2) is 106 Å². The van der Waals surface area contributed by atoms with Gasteiger partial charge in [0.2, 0.25) is 5.79 Å².